The van der Waals surface area contributed by atoms with E-state index in [0.717, 1.165) is 23.6 Å². The highest BCUT2D eigenvalue weighted by atomic mass is 32.2. The van der Waals surface area contributed by atoms with Crippen LogP contribution >= 0.6 is 23.1 Å². The van der Waals surface area contributed by atoms with Crippen molar-refractivity contribution in [3.05, 3.63) is 52.2 Å². The van der Waals surface area contributed by atoms with Gasteiger partial charge in [-0.2, -0.15) is 4.31 Å². The first-order chi connectivity index (χ1) is 14.5. The number of benzene rings is 1. The summed E-state index contributed by atoms with van der Waals surface area (Å²) in [5.41, 5.74) is 1.43. The van der Waals surface area contributed by atoms with Crippen molar-refractivity contribution < 1.29 is 8.42 Å². The van der Waals surface area contributed by atoms with Gasteiger partial charge in [-0.15, -0.1) is 16.4 Å². The maximum Gasteiger partial charge on any atom is 0.243 e. The van der Waals surface area contributed by atoms with Gasteiger partial charge in [-0.05, 0) is 29.6 Å². The molecule has 3 aromatic heterocycles. The van der Waals surface area contributed by atoms with Crippen molar-refractivity contribution >= 4 is 44.2 Å². The molecule has 1 aromatic carbocycles. The summed E-state index contributed by atoms with van der Waals surface area (Å²) in [6, 6.07) is 9.09. The van der Waals surface area contributed by atoms with Crippen molar-refractivity contribution in [2.24, 2.45) is 0 Å². The molecule has 0 amide bonds. The van der Waals surface area contributed by atoms with Crippen LogP contribution < -0.4 is 0 Å². The van der Waals surface area contributed by atoms with E-state index in [1.54, 1.807) is 29.5 Å². The van der Waals surface area contributed by atoms with E-state index in [4.69, 9.17) is 0 Å². The summed E-state index contributed by atoms with van der Waals surface area (Å²) in [7, 11) is -3.50. The second-order valence-electron chi connectivity index (χ2n) is 6.56. The lowest BCUT2D eigenvalue weighted by Crippen LogP contribution is -2.30. The number of nitrogens with zero attached hydrogens (tertiary/aromatic N) is 4. The normalized spacial score (nSPS) is 12.2. The Labute approximate surface area is 183 Å². The molecular weight excluding hydrogens is 440 g/mol. The maximum absolute atomic E-state index is 12.7. The zero-order chi connectivity index (χ0) is 21.1. The van der Waals surface area contributed by atoms with Gasteiger partial charge < -0.3 is 4.98 Å². The second-order valence-corrected chi connectivity index (χ2v) is 10.5. The lowest BCUT2D eigenvalue weighted by molar-refractivity contribution is 0.445. The Balaban J connectivity index is 1.46. The average Bonchev–Trinajstić information content (AvgIpc) is 3.48. The highest BCUT2D eigenvalue weighted by Gasteiger charge is 2.22. The quantitative estimate of drug-likeness (QED) is 0.368. The summed E-state index contributed by atoms with van der Waals surface area (Å²) >= 11 is 3.17. The van der Waals surface area contributed by atoms with Gasteiger partial charge in [0.25, 0.3) is 0 Å². The molecule has 0 bridgehead atoms. The lowest BCUT2D eigenvalue weighted by atomic mass is 10.3. The van der Waals surface area contributed by atoms with Gasteiger partial charge in [0, 0.05) is 24.4 Å². The number of rotatable bonds is 9. The largest absolute Gasteiger partial charge is 0.341 e. The number of nitrogens with one attached hydrogen (secondary N) is 2. The highest BCUT2D eigenvalue weighted by Crippen LogP contribution is 2.24. The van der Waals surface area contributed by atoms with E-state index < -0.39 is 10.0 Å². The van der Waals surface area contributed by atoms with Gasteiger partial charge in [-0.25, -0.2) is 18.4 Å². The van der Waals surface area contributed by atoms with Crippen LogP contribution in [0.25, 0.3) is 11.0 Å². The van der Waals surface area contributed by atoms with Gasteiger partial charge in [0.15, 0.2) is 0 Å². The number of aromatic amines is 2. The van der Waals surface area contributed by atoms with Crippen molar-refractivity contribution in [3.63, 3.8) is 0 Å². The van der Waals surface area contributed by atoms with Gasteiger partial charge in [0.2, 0.25) is 15.2 Å². The number of imidazole rings is 1. The number of H-pyrrole nitrogens is 2. The molecule has 0 saturated carbocycles. The third-order valence-electron chi connectivity index (χ3n) is 4.62. The molecule has 0 aliphatic carbocycles. The summed E-state index contributed by atoms with van der Waals surface area (Å²) in [6.07, 6.45) is 0.736. The van der Waals surface area contributed by atoms with E-state index in [2.05, 4.69) is 31.2 Å². The third-order valence-corrected chi connectivity index (χ3v) is 8.40. The molecule has 0 unspecified atom stereocenters. The number of fused-ring (bicyclic) bond motifs is 1. The van der Waals surface area contributed by atoms with Crippen molar-refractivity contribution in [2.75, 3.05) is 13.1 Å². The Bertz CT molecular complexity index is 1230. The number of hydrogen-bond donors (Lipinski definition) is 2. The molecule has 0 saturated heterocycles. The van der Waals surface area contributed by atoms with Gasteiger partial charge in [0.05, 0.1) is 21.7 Å². The number of aromatic nitrogens is 5. The zero-order valence-electron chi connectivity index (χ0n) is 16.6. The van der Waals surface area contributed by atoms with Gasteiger partial charge in [-0.3, -0.25) is 5.10 Å². The smallest absolute Gasteiger partial charge is 0.243 e. The van der Waals surface area contributed by atoms with Gasteiger partial charge in [0.1, 0.15) is 11.6 Å². The van der Waals surface area contributed by atoms with Crippen LogP contribution in [0.3, 0.4) is 0 Å². The number of sulfonamides is 1. The number of thiophene rings is 1. The summed E-state index contributed by atoms with van der Waals surface area (Å²) in [6.45, 7) is 4.54. The van der Waals surface area contributed by atoms with Crippen LogP contribution in [-0.2, 0) is 22.2 Å². The molecule has 0 aliphatic heterocycles. The monoisotopic (exact) mass is 462 g/mol. The molecule has 0 atom stereocenters. The number of thioether (sulfide) groups is 1. The predicted octanol–water partition coefficient (Wildman–Crippen LogP) is 3.66. The van der Waals surface area contributed by atoms with Crippen LogP contribution in [0.1, 0.15) is 30.4 Å². The maximum atomic E-state index is 12.7. The Morgan fingerprint density at radius 2 is 1.97 bits per heavy atom. The Kier molecular flexibility index (Phi) is 6.23. The van der Waals surface area contributed by atoms with Crippen molar-refractivity contribution in [3.8, 4) is 0 Å². The Morgan fingerprint density at radius 1 is 1.13 bits per heavy atom. The predicted molar refractivity (Wildman–Crippen MR) is 119 cm³/mol. The summed E-state index contributed by atoms with van der Waals surface area (Å²) in [4.78, 5) is 13.8. The van der Waals surface area contributed by atoms with E-state index in [1.807, 2.05) is 25.3 Å². The average molecular weight is 463 g/mol. The molecule has 4 aromatic rings. The summed E-state index contributed by atoms with van der Waals surface area (Å²) in [5, 5.41) is 9.93. The van der Waals surface area contributed by atoms with Crippen LogP contribution in [0.15, 0.2) is 45.8 Å². The number of hydrogen-bond acceptors (Lipinski definition) is 7. The van der Waals surface area contributed by atoms with Crippen molar-refractivity contribution in [2.45, 2.75) is 36.1 Å². The SMILES string of the molecule is CCN(CC)S(=O)(=O)c1ccc2nc(CSc3n[nH]c(Cc4cccs4)n3)[nH]c2c1. The van der Waals surface area contributed by atoms with Crippen molar-refractivity contribution in [1.82, 2.24) is 29.5 Å². The minimum absolute atomic E-state index is 0.272. The lowest BCUT2D eigenvalue weighted by Gasteiger charge is -2.18. The topological polar surface area (TPSA) is 108 Å². The molecular formula is C19H22N6O2S3. The molecule has 0 aliphatic rings. The standard InChI is InChI=1S/C19H22N6O2S3/c1-3-25(4-2)30(26,27)14-7-8-15-16(11-14)21-18(20-15)12-29-19-22-17(23-24-19)10-13-6-5-9-28-13/h5-9,11H,3-4,10,12H2,1-2H3,(H,20,21)(H,22,23,24). The molecule has 8 nitrogen and oxygen atoms in total. The fourth-order valence-electron chi connectivity index (χ4n) is 3.12. The van der Waals surface area contributed by atoms with Crippen LogP contribution in [0.2, 0.25) is 0 Å². The second kappa shape index (κ2) is 8.88. The fraction of sp³-hybridized carbons (Fsp3) is 0.316. The molecule has 0 radical (unpaired) electrons. The summed E-state index contributed by atoms with van der Waals surface area (Å²) in [5.74, 6) is 2.14. The first kappa shape index (κ1) is 21.0. The summed E-state index contributed by atoms with van der Waals surface area (Å²) < 4.78 is 26.9. The van der Waals surface area contributed by atoms with E-state index >= 15 is 0 Å². The first-order valence-electron chi connectivity index (χ1n) is 9.55. The first-order valence-corrected chi connectivity index (χ1v) is 12.9. The van der Waals surface area contributed by atoms with Crippen LogP contribution in [0.5, 0.6) is 0 Å². The van der Waals surface area contributed by atoms with Gasteiger partial charge in [-0.1, -0.05) is 31.7 Å². The van der Waals surface area contributed by atoms with Crippen LogP contribution in [0.4, 0.5) is 0 Å². The minimum Gasteiger partial charge on any atom is -0.341 e. The Morgan fingerprint density at radius 3 is 2.70 bits per heavy atom. The molecule has 4 rings (SSSR count). The molecule has 3 heterocycles. The van der Waals surface area contributed by atoms with Crippen molar-refractivity contribution in [1.29, 1.82) is 0 Å². The highest BCUT2D eigenvalue weighted by molar-refractivity contribution is 7.98. The third kappa shape index (κ3) is 4.43. The van der Waals surface area contributed by atoms with Gasteiger partial charge >= 0.3 is 0 Å². The van der Waals surface area contributed by atoms with Crippen LogP contribution in [-0.4, -0.2) is 51.0 Å². The van der Waals surface area contributed by atoms with E-state index in [0.29, 0.717) is 29.5 Å². The molecule has 158 valence electrons. The van der Waals surface area contributed by atoms with E-state index in [9.17, 15) is 8.42 Å². The molecule has 2 N–H and O–H groups in total. The zero-order valence-corrected chi connectivity index (χ0v) is 19.1. The minimum atomic E-state index is -3.50. The van der Waals surface area contributed by atoms with E-state index in [1.165, 1.54) is 20.9 Å². The Hall–Kier alpha value is -2.21. The van der Waals surface area contributed by atoms with Crippen LogP contribution in [0, 0.1) is 0 Å². The van der Waals surface area contributed by atoms with E-state index in [-0.39, 0.29) is 4.90 Å². The molecule has 30 heavy (non-hydrogen) atoms. The molecule has 0 fully saturated rings. The molecule has 0 spiro atoms. The fourth-order valence-corrected chi connectivity index (χ4v) is 6.00. The molecule has 11 heteroatoms.